The molecular formula is C7H9F3N2. The number of dihydropyridines is 1. The summed E-state index contributed by atoms with van der Waals surface area (Å²) in [5, 5.41) is 0. The molecule has 1 aliphatic rings. The van der Waals surface area contributed by atoms with Gasteiger partial charge in [0, 0.05) is 12.8 Å². The Morgan fingerprint density at radius 2 is 2.25 bits per heavy atom. The molecule has 0 aliphatic carbocycles. The van der Waals surface area contributed by atoms with E-state index >= 15 is 0 Å². The van der Waals surface area contributed by atoms with Gasteiger partial charge >= 0.3 is 6.18 Å². The maximum absolute atomic E-state index is 12.0. The number of rotatable bonds is 1. The predicted molar refractivity (Wildman–Crippen MR) is 40.1 cm³/mol. The summed E-state index contributed by atoms with van der Waals surface area (Å²) in [6.07, 6.45) is -1.65. The van der Waals surface area contributed by atoms with Gasteiger partial charge < -0.3 is 5.73 Å². The lowest BCUT2D eigenvalue weighted by molar-refractivity contribution is -0.146. The molecule has 0 spiro atoms. The smallest absolute Gasteiger partial charge is 0.326 e. The van der Waals surface area contributed by atoms with E-state index in [1.165, 1.54) is 12.3 Å². The van der Waals surface area contributed by atoms with E-state index in [1.807, 2.05) is 0 Å². The Kier molecular flexibility index (Phi) is 2.52. The molecule has 2 nitrogen and oxygen atoms in total. The number of alkyl halides is 3. The normalized spacial score (nSPS) is 24.0. The summed E-state index contributed by atoms with van der Waals surface area (Å²) in [7, 11) is 0. The topological polar surface area (TPSA) is 38.4 Å². The zero-order valence-corrected chi connectivity index (χ0v) is 6.30. The molecule has 0 radical (unpaired) electrons. The van der Waals surface area contributed by atoms with Gasteiger partial charge in [0.2, 0.25) is 0 Å². The summed E-state index contributed by atoms with van der Waals surface area (Å²) in [6.45, 7) is 0.244. The van der Waals surface area contributed by atoms with Gasteiger partial charge in [-0.2, -0.15) is 13.2 Å². The number of nitrogens with zero attached hydrogens (tertiary/aromatic N) is 1. The van der Waals surface area contributed by atoms with Crippen molar-refractivity contribution in [2.75, 3.05) is 6.54 Å². The largest absolute Gasteiger partial charge is 0.411 e. The Bertz CT molecular complexity index is 217. The zero-order valence-electron chi connectivity index (χ0n) is 6.30. The van der Waals surface area contributed by atoms with Crippen molar-refractivity contribution in [2.45, 2.75) is 18.6 Å². The third kappa shape index (κ3) is 2.07. The zero-order chi connectivity index (χ0) is 9.19. The molecule has 0 aromatic rings. The first-order chi connectivity index (χ1) is 5.54. The van der Waals surface area contributed by atoms with Crippen LogP contribution in [0.1, 0.15) is 6.42 Å². The van der Waals surface area contributed by atoms with Crippen LogP contribution in [0.2, 0.25) is 0 Å². The molecule has 1 atom stereocenters. The minimum absolute atomic E-state index is 0.0907. The maximum Gasteiger partial charge on any atom is 0.411 e. The molecule has 2 N–H and O–H groups in total. The van der Waals surface area contributed by atoms with Gasteiger partial charge in [-0.3, -0.25) is 4.99 Å². The summed E-state index contributed by atoms with van der Waals surface area (Å²) in [6, 6.07) is -1.58. The minimum atomic E-state index is -4.23. The molecule has 12 heavy (non-hydrogen) atoms. The predicted octanol–water partition coefficient (Wildman–Crippen LogP) is 1.28. The molecule has 1 aliphatic heterocycles. The highest BCUT2D eigenvalue weighted by Gasteiger charge is 2.39. The monoisotopic (exact) mass is 178 g/mol. The van der Waals surface area contributed by atoms with Gasteiger partial charge in [0.05, 0.1) is 0 Å². The van der Waals surface area contributed by atoms with Crippen LogP contribution in [-0.2, 0) is 0 Å². The van der Waals surface area contributed by atoms with Crippen LogP contribution in [0.3, 0.4) is 0 Å². The first kappa shape index (κ1) is 9.25. The van der Waals surface area contributed by atoms with Gasteiger partial charge in [0.15, 0.2) is 0 Å². The van der Waals surface area contributed by atoms with Gasteiger partial charge in [-0.25, -0.2) is 0 Å². The molecular weight excluding hydrogens is 169 g/mol. The Labute approximate surface area is 68.0 Å². The fourth-order valence-corrected chi connectivity index (χ4v) is 0.916. The molecule has 0 amide bonds. The summed E-state index contributed by atoms with van der Waals surface area (Å²) in [5.41, 5.74) is 5.88. The van der Waals surface area contributed by atoms with Crippen LogP contribution in [0.5, 0.6) is 0 Å². The van der Waals surface area contributed by atoms with Crippen LogP contribution in [-0.4, -0.2) is 25.0 Å². The molecule has 1 rings (SSSR count). The van der Waals surface area contributed by atoms with Gasteiger partial charge in [-0.15, -0.1) is 0 Å². The molecule has 0 fully saturated rings. The lowest BCUT2D eigenvalue weighted by Crippen LogP contribution is -2.28. The summed E-state index contributed by atoms with van der Waals surface area (Å²) >= 11 is 0. The van der Waals surface area contributed by atoms with Crippen molar-refractivity contribution in [3.8, 4) is 0 Å². The lowest BCUT2D eigenvalue weighted by atomic mass is 10.1. The minimum Gasteiger partial charge on any atom is -0.326 e. The van der Waals surface area contributed by atoms with Crippen molar-refractivity contribution in [2.24, 2.45) is 10.7 Å². The Balaban J connectivity index is 2.60. The van der Waals surface area contributed by atoms with Crippen molar-refractivity contribution < 1.29 is 13.2 Å². The van der Waals surface area contributed by atoms with E-state index in [1.54, 1.807) is 0 Å². The van der Waals surface area contributed by atoms with E-state index in [2.05, 4.69) is 4.99 Å². The van der Waals surface area contributed by atoms with Crippen molar-refractivity contribution >= 4 is 6.21 Å². The van der Waals surface area contributed by atoms with Gasteiger partial charge in [-0.1, -0.05) is 6.08 Å². The second kappa shape index (κ2) is 3.26. The quantitative estimate of drug-likeness (QED) is 0.645. The summed E-state index contributed by atoms with van der Waals surface area (Å²) in [4.78, 5) is 3.35. The standard InChI is InChI=1S/C7H9F3N2/c8-7(9,10)6-2-1-5(3-11)4-12-6/h1,4,6H,2-3,11H2. The molecule has 0 aromatic heterocycles. The average Bonchev–Trinajstić information content (AvgIpc) is 2.03. The first-order valence-corrected chi connectivity index (χ1v) is 3.53. The summed E-state index contributed by atoms with van der Waals surface area (Å²) in [5.74, 6) is 0. The van der Waals surface area contributed by atoms with Crippen LogP contribution < -0.4 is 5.73 Å². The number of hydrogen-bond acceptors (Lipinski definition) is 2. The van der Waals surface area contributed by atoms with Crippen LogP contribution in [0.25, 0.3) is 0 Å². The van der Waals surface area contributed by atoms with E-state index < -0.39 is 12.2 Å². The van der Waals surface area contributed by atoms with E-state index in [9.17, 15) is 13.2 Å². The molecule has 68 valence electrons. The van der Waals surface area contributed by atoms with Gasteiger partial charge in [-0.05, 0) is 12.0 Å². The molecule has 1 unspecified atom stereocenters. The van der Waals surface area contributed by atoms with Crippen molar-refractivity contribution in [1.29, 1.82) is 0 Å². The van der Waals surface area contributed by atoms with E-state index in [0.717, 1.165) is 0 Å². The van der Waals surface area contributed by atoms with Crippen molar-refractivity contribution in [3.05, 3.63) is 11.6 Å². The SMILES string of the molecule is NCC1=CCC(C(F)(F)F)N=C1. The molecule has 5 heteroatoms. The molecule has 1 heterocycles. The Morgan fingerprint density at radius 3 is 2.58 bits per heavy atom. The highest BCUT2D eigenvalue weighted by Crippen LogP contribution is 2.27. The fourth-order valence-electron chi connectivity index (χ4n) is 0.916. The van der Waals surface area contributed by atoms with Crippen molar-refractivity contribution in [3.63, 3.8) is 0 Å². The number of hydrogen-bond donors (Lipinski definition) is 1. The summed E-state index contributed by atoms with van der Waals surface area (Å²) < 4.78 is 36.0. The van der Waals surface area contributed by atoms with Crippen LogP contribution in [0.4, 0.5) is 13.2 Å². The van der Waals surface area contributed by atoms with Crippen LogP contribution >= 0.6 is 0 Å². The maximum atomic E-state index is 12.0. The van der Waals surface area contributed by atoms with Gasteiger partial charge in [0.1, 0.15) is 6.04 Å². The second-order valence-electron chi connectivity index (χ2n) is 2.55. The molecule has 0 aromatic carbocycles. The fraction of sp³-hybridized carbons (Fsp3) is 0.571. The average molecular weight is 178 g/mol. The third-order valence-corrected chi connectivity index (χ3v) is 1.64. The van der Waals surface area contributed by atoms with Gasteiger partial charge in [0.25, 0.3) is 0 Å². The highest BCUT2D eigenvalue weighted by molar-refractivity contribution is 5.80. The second-order valence-corrected chi connectivity index (χ2v) is 2.55. The number of aliphatic imine (C=N–C) groups is 1. The Hall–Kier alpha value is -0.840. The number of nitrogens with two attached hydrogens (primary N) is 1. The van der Waals surface area contributed by atoms with Crippen LogP contribution in [0, 0.1) is 0 Å². The highest BCUT2D eigenvalue weighted by atomic mass is 19.4. The van der Waals surface area contributed by atoms with E-state index in [4.69, 9.17) is 5.73 Å². The molecule has 0 saturated carbocycles. The first-order valence-electron chi connectivity index (χ1n) is 3.53. The molecule has 0 bridgehead atoms. The Morgan fingerprint density at radius 1 is 1.58 bits per heavy atom. The van der Waals surface area contributed by atoms with E-state index in [0.29, 0.717) is 5.57 Å². The third-order valence-electron chi connectivity index (χ3n) is 1.64. The van der Waals surface area contributed by atoms with Crippen LogP contribution in [0.15, 0.2) is 16.6 Å². The molecule has 0 saturated heterocycles. The van der Waals surface area contributed by atoms with E-state index in [-0.39, 0.29) is 13.0 Å². The lowest BCUT2D eigenvalue weighted by Gasteiger charge is -2.17. The van der Waals surface area contributed by atoms with Crippen molar-refractivity contribution in [1.82, 2.24) is 0 Å². The number of halogens is 3.